The Bertz CT molecular complexity index is 491. The number of nitrogens with one attached hydrogen (secondary N) is 1. The van der Waals surface area contributed by atoms with Gasteiger partial charge in [-0.15, -0.1) is 0 Å². The first-order valence-corrected chi connectivity index (χ1v) is 8.39. The Morgan fingerprint density at radius 1 is 1.18 bits per heavy atom. The molecule has 1 aromatic rings. The van der Waals surface area contributed by atoms with Crippen LogP contribution in [0.15, 0.2) is 30.3 Å². The molecule has 1 saturated heterocycles. The van der Waals surface area contributed by atoms with Crippen LogP contribution in [0.3, 0.4) is 0 Å². The van der Waals surface area contributed by atoms with Crippen LogP contribution in [0.4, 0.5) is 4.79 Å². The second-order valence-corrected chi connectivity index (χ2v) is 6.69. The molecule has 2 amide bonds. The number of amides is 2. The van der Waals surface area contributed by atoms with E-state index in [2.05, 4.69) is 17.4 Å². The fourth-order valence-electron chi connectivity index (χ4n) is 3.47. The summed E-state index contributed by atoms with van der Waals surface area (Å²) in [5.74, 6) is 0.572. The molecule has 2 aliphatic rings. The van der Waals surface area contributed by atoms with Crippen molar-refractivity contribution in [1.29, 1.82) is 0 Å². The molecule has 2 fully saturated rings. The Morgan fingerprint density at radius 2 is 1.82 bits per heavy atom. The monoisotopic (exact) mass is 302 g/mol. The molecule has 0 bridgehead atoms. The maximum atomic E-state index is 12.7. The molecular weight excluding hydrogens is 276 g/mol. The van der Waals surface area contributed by atoms with Crippen molar-refractivity contribution in [2.75, 3.05) is 13.1 Å². The average Bonchev–Trinajstić information content (AvgIpc) is 2.44. The van der Waals surface area contributed by atoms with Crippen LogP contribution in [0.25, 0.3) is 0 Å². The molecule has 3 atom stereocenters. The van der Waals surface area contributed by atoms with Gasteiger partial charge in [-0.1, -0.05) is 36.8 Å². The number of ether oxygens (including phenoxy) is 1. The Kier molecular flexibility index (Phi) is 4.67. The van der Waals surface area contributed by atoms with Crippen LogP contribution in [0.1, 0.15) is 44.7 Å². The van der Waals surface area contributed by atoms with E-state index < -0.39 is 0 Å². The molecule has 4 nitrogen and oxygen atoms in total. The molecule has 3 unspecified atom stereocenters. The van der Waals surface area contributed by atoms with E-state index in [0.29, 0.717) is 19.0 Å². The number of urea groups is 1. The first kappa shape index (κ1) is 15.3. The fraction of sp³-hybridized carbons (Fsp3) is 0.611. The quantitative estimate of drug-likeness (QED) is 0.930. The zero-order valence-corrected chi connectivity index (χ0v) is 13.5. The number of hydrogen-bond donors (Lipinski definition) is 1. The van der Waals surface area contributed by atoms with E-state index >= 15 is 0 Å². The highest BCUT2D eigenvalue weighted by Crippen LogP contribution is 2.37. The maximum Gasteiger partial charge on any atom is 0.318 e. The Morgan fingerprint density at radius 3 is 2.36 bits per heavy atom. The molecule has 0 aromatic heterocycles. The van der Waals surface area contributed by atoms with E-state index in [1.54, 1.807) is 0 Å². The van der Waals surface area contributed by atoms with Gasteiger partial charge in [0.2, 0.25) is 0 Å². The van der Waals surface area contributed by atoms with Gasteiger partial charge in [-0.05, 0) is 38.2 Å². The van der Waals surface area contributed by atoms with Gasteiger partial charge >= 0.3 is 6.03 Å². The van der Waals surface area contributed by atoms with Crippen LogP contribution >= 0.6 is 0 Å². The zero-order valence-electron chi connectivity index (χ0n) is 13.5. The predicted molar refractivity (Wildman–Crippen MR) is 86.6 cm³/mol. The van der Waals surface area contributed by atoms with E-state index in [-0.39, 0.29) is 24.3 Å². The minimum atomic E-state index is 0.0442. The number of carbonyl (C=O) groups excluding carboxylic acids is 1. The maximum absolute atomic E-state index is 12.7. The van der Waals surface area contributed by atoms with Gasteiger partial charge in [0, 0.05) is 13.1 Å². The first-order chi connectivity index (χ1) is 10.6. The van der Waals surface area contributed by atoms with Gasteiger partial charge in [-0.3, -0.25) is 0 Å². The molecule has 1 N–H and O–H groups in total. The summed E-state index contributed by atoms with van der Waals surface area (Å²) in [7, 11) is 0. The molecule has 0 radical (unpaired) electrons. The number of benzene rings is 1. The van der Waals surface area contributed by atoms with Crippen molar-refractivity contribution in [3.05, 3.63) is 35.9 Å². The summed E-state index contributed by atoms with van der Waals surface area (Å²) in [5.41, 5.74) is 1.22. The second kappa shape index (κ2) is 6.69. The molecule has 1 saturated carbocycles. The molecule has 1 heterocycles. The fourth-order valence-corrected chi connectivity index (χ4v) is 3.47. The van der Waals surface area contributed by atoms with Crippen molar-refractivity contribution < 1.29 is 9.53 Å². The summed E-state index contributed by atoms with van der Waals surface area (Å²) in [6.07, 6.45) is 3.89. The lowest BCUT2D eigenvalue weighted by molar-refractivity contribution is -0.0550. The minimum Gasteiger partial charge on any atom is -0.372 e. The second-order valence-electron chi connectivity index (χ2n) is 6.69. The van der Waals surface area contributed by atoms with E-state index in [9.17, 15) is 4.79 Å². The largest absolute Gasteiger partial charge is 0.372 e. The zero-order chi connectivity index (χ0) is 15.5. The van der Waals surface area contributed by atoms with Crippen molar-refractivity contribution in [1.82, 2.24) is 10.2 Å². The highest BCUT2D eigenvalue weighted by molar-refractivity contribution is 5.75. The number of carbonyl (C=O) groups is 1. The van der Waals surface area contributed by atoms with Gasteiger partial charge in [0.15, 0.2) is 0 Å². The highest BCUT2D eigenvalue weighted by Gasteiger charge is 2.32. The van der Waals surface area contributed by atoms with E-state index in [1.807, 2.05) is 36.9 Å². The third kappa shape index (κ3) is 3.43. The van der Waals surface area contributed by atoms with Gasteiger partial charge in [0.05, 0.1) is 18.2 Å². The van der Waals surface area contributed by atoms with Crippen LogP contribution in [-0.4, -0.2) is 36.2 Å². The number of rotatable bonds is 3. The van der Waals surface area contributed by atoms with Crippen molar-refractivity contribution in [3.8, 4) is 0 Å². The van der Waals surface area contributed by atoms with Gasteiger partial charge in [0.25, 0.3) is 0 Å². The summed E-state index contributed by atoms with van der Waals surface area (Å²) in [6, 6.07) is 10.5. The third-order valence-corrected chi connectivity index (χ3v) is 4.77. The lowest BCUT2D eigenvalue weighted by Gasteiger charge is -2.39. The summed E-state index contributed by atoms with van der Waals surface area (Å²) in [4.78, 5) is 14.6. The topological polar surface area (TPSA) is 41.6 Å². The standard InChI is InChI=1S/C18H26N2O2/c1-13-11-20(12-14(2)22-13)18(21)19-17(16-9-6-10-16)15-7-4-3-5-8-15/h3-5,7-8,13-14,16-17H,6,9-12H2,1-2H3,(H,19,21). The predicted octanol–water partition coefficient (Wildman–Crippen LogP) is 3.35. The summed E-state index contributed by atoms with van der Waals surface area (Å²) in [5, 5.41) is 3.28. The summed E-state index contributed by atoms with van der Waals surface area (Å²) < 4.78 is 5.71. The normalized spacial score (nSPS) is 27.1. The minimum absolute atomic E-state index is 0.0442. The number of nitrogens with zero attached hydrogens (tertiary/aromatic N) is 1. The Hall–Kier alpha value is -1.55. The molecule has 0 spiro atoms. The van der Waals surface area contributed by atoms with Crippen molar-refractivity contribution in [2.45, 2.75) is 51.4 Å². The molecule has 120 valence electrons. The molecule has 1 aromatic carbocycles. The van der Waals surface area contributed by atoms with E-state index in [1.165, 1.54) is 24.8 Å². The SMILES string of the molecule is CC1CN(C(=O)NC(c2ccccc2)C2CCC2)CC(C)O1. The lowest BCUT2D eigenvalue weighted by Crippen LogP contribution is -2.53. The van der Waals surface area contributed by atoms with E-state index in [4.69, 9.17) is 4.74 Å². The van der Waals surface area contributed by atoms with Crippen molar-refractivity contribution >= 4 is 6.03 Å². The number of morpholine rings is 1. The molecule has 22 heavy (non-hydrogen) atoms. The molecule has 4 heteroatoms. The van der Waals surface area contributed by atoms with Crippen LogP contribution in [0.5, 0.6) is 0 Å². The number of hydrogen-bond acceptors (Lipinski definition) is 2. The van der Waals surface area contributed by atoms with Gasteiger partial charge < -0.3 is 15.0 Å². The van der Waals surface area contributed by atoms with E-state index in [0.717, 1.165) is 0 Å². The highest BCUT2D eigenvalue weighted by atomic mass is 16.5. The van der Waals surface area contributed by atoms with Gasteiger partial charge in [0.1, 0.15) is 0 Å². The van der Waals surface area contributed by atoms with Crippen molar-refractivity contribution in [2.24, 2.45) is 5.92 Å². The lowest BCUT2D eigenvalue weighted by atomic mass is 9.77. The first-order valence-electron chi connectivity index (χ1n) is 8.39. The van der Waals surface area contributed by atoms with Crippen LogP contribution in [-0.2, 0) is 4.74 Å². The van der Waals surface area contributed by atoms with Gasteiger partial charge in [-0.25, -0.2) is 4.79 Å². The molecule has 1 aliphatic carbocycles. The van der Waals surface area contributed by atoms with Gasteiger partial charge in [-0.2, -0.15) is 0 Å². The average molecular weight is 302 g/mol. The Balaban J connectivity index is 1.69. The summed E-state index contributed by atoms with van der Waals surface area (Å²) >= 11 is 0. The Labute approximate surface area is 132 Å². The van der Waals surface area contributed by atoms with Crippen LogP contribution in [0, 0.1) is 5.92 Å². The molecule has 1 aliphatic heterocycles. The van der Waals surface area contributed by atoms with Crippen LogP contribution in [0.2, 0.25) is 0 Å². The summed E-state index contributed by atoms with van der Waals surface area (Å²) in [6.45, 7) is 5.39. The third-order valence-electron chi connectivity index (χ3n) is 4.77. The van der Waals surface area contributed by atoms with Crippen LogP contribution < -0.4 is 5.32 Å². The molecular formula is C18H26N2O2. The van der Waals surface area contributed by atoms with Crippen molar-refractivity contribution in [3.63, 3.8) is 0 Å². The molecule has 3 rings (SSSR count). The smallest absolute Gasteiger partial charge is 0.318 e.